The largest absolute Gasteiger partial charge is 0.491 e. The van der Waals surface area contributed by atoms with Crippen molar-refractivity contribution >= 4 is 10.8 Å². The van der Waals surface area contributed by atoms with E-state index in [2.05, 4.69) is 44.2 Å². The van der Waals surface area contributed by atoms with E-state index in [9.17, 15) is 0 Å². The first-order valence-corrected chi connectivity index (χ1v) is 8.89. The van der Waals surface area contributed by atoms with Crippen LogP contribution in [0.4, 0.5) is 0 Å². The molecule has 0 bridgehead atoms. The molecule has 4 nitrogen and oxygen atoms in total. The van der Waals surface area contributed by atoms with E-state index in [1.165, 1.54) is 10.8 Å². The van der Waals surface area contributed by atoms with Crippen molar-refractivity contribution in [2.24, 2.45) is 0 Å². The molecule has 0 amide bonds. The number of quaternary nitrogens is 1. The lowest BCUT2D eigenvalue weighted by Crippen LogP contribution is -3.15. The van der Waals surface area contributed by atoms with Gasteiger partial charge in [-0.2, -0.15) is 0 Å². The number of ether oxygens (including phenoxy) is 3. The quantitative estimate of drug-likeness (QED) is 0.787. The molecule has 0 spiro atoms. The molecule has 1 aliphatic heterocycles. The third-order valence-corrected chi connectivity index (χ3v) is 4.43. The third kappa shape index (κ3) is 4.94. The van der Waals surface area contributed by atoms with Crippen LogP contribution in [0.5, 0.6) is 5.75 Å². The van der Waals surface area contributed by atoms with Crippen LogP contribution in [0, 0.1) is 0 Å². The molecule has 1 saturated heterocycles. The van der Waals surface area contributed by atoms with Gasteiger partial charge in [-0.05, 0) is 36.8 Å². The molecule has 1 fully saturated rings. The van der Waals surface area contributed by atoms with Gasteiger partial charge in [0.2, 0.25) is 0 Å². The van der Waals surface area contributed by atoms with E-state index >= 15 is 0 Å². The number of morpholine rings is 1. The van der Waals surface area contributed by atoms with Crippen LogP contribution in [0.3, 0.4) is 0 Å². The van der Waals surface area contributed by atoms with Crippen molar-refractivity contribution in [1.82, 2.24) is 0 Å². The molecular weight excluding hydrogens is 302 g/mol. The Kier molecular flexibility index (Phi) is 6.07. The van der Waals surface area contributed by atoms with Crippen LogP contribution in [0.1, 0.15) is 13.8 Å². The van der Waals surface area contributed by atoms with Gasteiger partial charge in [-0.25, -0.2) is 0 Å². The highest BCUT2D eigenvalue weighted by Gasteiger charge is 2.24. The summed E-state index contributed by atoms with van der Waals surface area (Å²) in [4.78, 5) is 1.57. The highest BCUT2D eigenvalue weighted by molar-refractivity contribution is 5.83. The Morgan fingerprint density at radius 1 is 0.958 bits per heavy atom. The maximum atomic E-state index is 5.79. The van der Waals surface area contributed by atoms with E-state index in [4.69, 9.17) is 14.2 Å². The zero-order valence-corrected chi connectivity index (χ0v) is 14.7. The van der Waals surface area contributed by atoms with E-state index in [0.29, 0.717) is 25.4 Å². The number of benzene rings is 2. The summed E-state index contributed by atoms with van der Waals surface area (Å²) in [6, 6.07) is 14.5. The maximum Gasteiger partial charge on any atom is 0.120 e. The molecule has 0 radical (unpaired) electrons. The number of fused-ring (bicyclic) bond motifs is 1. The summed E-state index contributed by atoms with van der Waals surface area (Å²) in [5, 5.41) is 2.44. The summed E-state index contributed by atoms with van der Waals surface area (Å²) in [6.45, 7) is 9.46. The summed E-state index contributed by atoms with van der Waals surface area (Å²) < 4.78 is 17.3. The minimum atomic E-state index is 0.347. The smallest absolute Gasteiger partial charge is 0.120 e. The SMILES string of the molecule is C[C@H]1C[NH+](CCOCCOc2ccc3ccccc3c2)C[C@H](C)O1. The van der Waals surface area contributed by atoms with Gasteiger partial charge in [-0.1, -0.05) is 30.3 Å². The van der Waals surface area contributed by atoms with Crippen molar-refractivity contribution in [3.63, 3.8) is 0 Å². The summed E-state index contributed by atoms with van der Waals surface area (Å²) >= 11 is 0. The van der Waals surface area contributed by atoms with Gasteiger partial charge in [-0.15, -0.1) is 0 Å². The molecule has 2 aromatic rings. The van der Waals surface area contributed by atoms with Crippen LogP contribution in [-0.2, 0) is 9.47 Å². The lowest BCUT2D eigenvalue weighted by Gasteiger charge is -2.32. The van der Waals surface area contributed by atoms with Crippen molar-refractivity contribution in [3.05, 3.63) is 42.5 Å². The molecule has 2 aromatic carbocycles. The van der Waals surface area contributed by atoms with Crippen molar-refractivity contribution in [3.8, 4) is 5.75 Å². The predicted molar refractivity (Wildman–Crippen MR) is 95.8 cm³/mol. The summed E-state index contributed by atoms with van der Waals surface area (Å²) in [5.74, 6) is 0.902. The molecule has 24 heavy (non-hydrogen) atoms. The molecule has 130 valence electrons. The predicted octanol–water partition coefficient (Wildman–Crippen LogP) is 1.93. The molecule has 0 aromatic heterocycles. The van der Waals surface area contributed by atoms with Crippen LogP contribution >= 0.6 is 0 Å². The molecule has 0 saturated carbocycles. The number of nitrogens with one attached hydrogen (secondary N) is 1. The van der Waals surface area contributed by atoms with Crippen LogP contribution in [0.25, 0.3) is 10.8 Å². The fourth-order valence-corrected chi connectivity index (χ4v) is 3.39. The van der Waals surface area contributed by atoms with E-state index in [1.807, 2.05) is 12.1 Å². The van der Waals surface area contributed by atoms with Crippen molar-refractivity contribution in [2.75, 3.05) is 39.5 Å². The number of hydrogen-bond donors (Lipinski definition) is 1. The van der Waals surface area contributed by atoms with Crippen molar-refractivity contribution in [1.29, 1.82) is 0 Å². The van der Waals surface area contributed by atoms with Gasteiger partial charge in [0.05, 0.1) is 13.2 Å². The first-order chi connectivity index (χ1) is 11.7. The van der Waals surface area contributed by atoms with Gasteiger partial charge >= 0.3 is 0 Å². The molecule has 3 rings (SSSR count). The van der Waals surface area contributed by atoms with E-state index in [0.717, 1.165) is 32.0 Å². The minimum Gasteiger partial charge on any atom is -0.491 e. The summed E-state index contributed by atoms with van der Waals surface area (Å²) in [5.41, 5.74) is 0. The Morgan fingerprint density at radius 2 is 1.71 bits per heavy atom. The van der Waals surface area contributed by atoms with E-state index < -0.39 is 0 Å². The second-order valence-corrected chi connectivity index (χ2v) is 6.64. The molecule has 0 unspecified atom stereocenters. The average molecular weight is 330 g/mol. The Balaban J connectivity index is 1.33. The standard InChI is InChI=1S/C20H27NO3/c1-16-14-21(15-17(2)24-16)9-10-22-11-12-23-20-8-7-18-5-3-4-6-19(18)13-20/h3-8,13,16-17H,9-12,14-15H2,1-2H3/p+1/t16-,17-/m0/s1. The number of rotatable bonds is 7. The molecule has 1 aliphatic rings. The molecule has 1 N–H and O–H groups in total. The fourth-order valence-electron chi connectivity index (χ4n) is 3.39. The first kappa shape index (κ1) is 17.2. The first-order valence-electron chi connectivity index (χ1n) is 8.89. The molecule has 4 heteroatoms. The van der Waals surface area contributed by atoms with Gasteiger partial charge in [0.15, 0.2) is 0 Å². The topological polar surface area (TPSA) is 32.1 Å². The third-order valence-electron chi connectivity index (χ3n) is 4.43. The second-order valence-electron chi connectivity index (χ2n) is 6.64. The van der Waals surface area contributed by atoms with Gasteiger partial charge < -0.3 is 19.1 Å². The fraction of sp³-hybridized carbons (Fsp3) is 0.500. The molecular formula is C20H28NO3+. The van der Waals surface area contributed by atoms with Crippen molar-refractivity contribution < 1.29 is 19.1 Å². The Labute approximate surface area is 144 Å². The van der Waals surface area contributed by atoms with Gasteiger partial charge in [0, 0.05) is 0 Å². The maximum absolute atomic E-state index is 5.79. The zero-order valence-electron chi connectivity index (χ0n) is 14.7. The molecule has 0 aliphatic carbocycles. The normalized spacial score (nSPS) is 24.2. The van der Waals surface area contributed by atoms with Gasteiger partial charge in [0.25, 0.3) is 0 Å². The Morgan fingerprint density at radius 3 is 2.50 bits per heavy atom. The van der Waals surface area contributed by atoms with E-state index in [1.54, 1.807) is 4.90 Å². The Bertz CT molecular complexity index is 636. The highest BCUT2D eigenvalue weighted by Crippen LogP contribution is 2.20. The lowest BCUT2D eigenvalue weighted by molar-refractivity contribution is -0.915. The summed E-state index contributed by atoms with van der Waals surface area (Å²) in [7, 11) is 0. The van der Waals surface area contributed by atoms with Crippen LogP contribution in [-0.4, -0.2) is 51.7 Å². The summed E-state index contributed by atoms with van der Waals surface area (Å²) in [6.07, 6.45) is 0.694. The van der Waals surface area contributed by atoms with Crippen LogP contribution < -0.4 is 9.64 Å². The van der Waals surface area contributed by atoms with Crippen molar-refractivity contribution in [2.45, 2.75) is 26.1 Å². The van der Waals surface area contributed by atoms with Gasteiger partial charge in [0.1, 0.15) is 44.2 Å². The van der Waals surface area contributed by atoms with Crippen LogP contribution in [0.15, 0.2) is 42.5 Å². The lowest BCUT2D eigenvalue weighted by atomic mass is 10.1. The average Bonchev–Trinajstić information content (AvgIpc) is 2.57. The van der Waals surface area contributed by atoms with Crippen LogP contribution in [0.2, 0.25) is 0 Å². The monoisotopic (exact) mass is 330 g/mol. The minimum absolute atomic E-state index is 0.347. The van der Waals surface area contributed by atoms with Gasteiger partial charge in [-0.3, -0.25) is 0 Å². The molecule has 2 atom stereocenters. The zero-order chi connectivity index (χ0) is 16.8. The Hall–Kier alpha value is -1.62. The molecule has 1 heterocycles. The van der Waals surface area contributed by atoms with E-state index in [-0.39, 0.29) is 0 Å². The number of hydrogen-bond acceptors (Lipinski definition) is 3. The second kappa shape index (κ2) is 8.47. The highest BCUT2D eigenvalue weighted by atomic mass is 16.5.